The Bertz CT molecular complexity index is 566. The first-order valence-corrected chi connectivity index (χ1v) is 10.5. The first-order chi connectivity index (χ1) is 12.2. The summed E-state index contributed by atoms with van der Waals surface area (Å²) >= 11 is 2.07. The lowest BCUT2D eigenvalue weighted by molar-refractivity contribution is 0.584. The van der Waals surface area contributed by atoms with E-state index in [1.165, 1.54) is 31.4 Å². The zero-order valence-corrected chi connectivity index (χ0v) is 19.1. The van der Waals surface area contributed by atoms with Crippen molar-refractivity contribution >= 4 is 47.5 Å². The molecule has 5 nitrogen and oxygen atoms in total. The number of halogens is 1. The lowest BCUT2D eigenvalue weighted by atomic mass is 10.1. The van der Waals surface area contributed by atoms with E-state index in [0.717, 1.165) is 43.5 Å². The van der Waals surface area contributed by atoms with Crippen molar-refractivity contribution in [2.75, 3.05) is 36.8 Å². The van der Waals surface area contributed by atoms with Crippen molar-refractivity contribution in [3.63, 3.8) is 0 Å². The molecule has 2 saturated heterocycles. The Morgan fingerprint density at radius 3 is 2.69 bits per heavy atom. The minimum Gasteiger partial charge on any atom is -0.357 e. The molecular weight excluding hydrogens is 457 g/mol. The molecule has 1 aromatic heterocycles. The summed E-state index contributed by atoms with van der Waals surface area (Å²) in [6.07, 6.45) is 7.14. The van der Waals surface area contributed by atoms with Crippen LogP contribution >= 0.6 is 35.7 Å². The molecule has 0 amide bonds. The van der Waals surface area contributed by atoms with Gasteiger partial charge in [-0.2, -0.15) is 11.8 Å². The van der Waals surface area contributed by atoms with Gasteiger partial charge in [-0.25, -0.2) is 9.98 Å². The van der Waals surface area contributed by atoms with E-state index in [2.05, 4.69) is 58.3 Å². The van der Waals surface area contributed by atoms with Crippen molar-refractivity contribution < 1.29 is 0 Å². The number of hydrogen-bond acceptors (Lipinski definition) is 4. The van der Waals surface area contributed by atoms with Gasteiger partial charge in [-0.05, 0) is 56.9 Å². The van der Waals surface area contributed by atoms with E-state index in [1.54, 1.807) is 0 Å². The van der Waals surface area contributed by atoms with Crippen molar-refractivity contribution in [1.29, 1.82) is 0 Å². The van der Waals surface area contributed by atoms with Crippen LogP contribution < -0.4 is 15.5 Å². The average molecular weight is 489 g/mol. The Morgan fingerprint density at radius 2 is 2.08 bits per heavy atom. The average Bonchev–Trinajstić information content (AvgIpc) is 3.30. The van der Waals surface area contributed by atoms with Crippen molar-refractivity contribution in [3.8, 4) is 0 Å². The molecule has 1 aromatic rings. The van der Waals surface area contributed by atoms with E-state index in [-0.39, 0.29) is 24.0 Å². The van der Waals surface area contributed by atoms with Crippen LogP contribution in [0.25, 0.3) is 0 Å². The predicted octanol–water partition coefficient (Wildman–Crippen LogP) is 3.64. The molecule has 3 heterocycles. The van der Waals surface area contributed by atoms with E-state index in [9.17, 15) is 0 Å². The Morgan fingerprint density at radius 1 is 1.27 bits per heavy atom. The molecule has 2 fully saturated rings. The number of guanidine groups is 1. The smallest absolute Gasteiger partial charge is 0.191 e. The lowest BCUT2D eigenvalue weighted by Crippen LogP contribution is -2.43. The first kappa shape index (κ1) is 21.6. The summed E-state index contributed by atoms with van der Waals surface area (Å²) < 4.78 is 0.342. The summed E-state index contributed by atoms with van der Waals surface area (Å²) in [5.41, 5.74) is 1.15. The minimum absolute atomic E-state index is 0. The van der Waals surface area contributed by atoms with Crippen LogP contribution in [0.5, 0.6) is 0 Å². The fourth-order valence-electron chi connectivity index (χ4n) is 3.40. The number of nitrogens with zero attached hydrogens (tertiary/aromatic N) is 3. The second kappa shape index (κ2) is 10.6. The van der Waals surface area contributed by atoms with E-state index >= 15 is 0 Å². The highest BCUT2D eigenvalue weighted by Gasteiger charge is 2.29. The second-order valence-electron chi connectivity index (χ2n) is 7.17. The zero-order chi connectivity index (χ0) is 17.5. The summed E-state index contributed by atoms with van der Waals surface area (Å²) in [5.74, 6) is 3.28. The Kier molecular flexibility index (Phi) is 8.79. The number of rotatable bonds is 6. The maximum Gasteiger partial charge on any atom is 0.191 e. The zero-order valence-electron chi connectivity index (χ0n) is 16.0. The molecule has 0 radical (unpaired) electrons. The predicted molar refractivity (Wildman–Crippen MR) is 124 cm³/mol. The van der Waals surface area contributed by atoms with Crippen LogP contribution in [0.4, 0.5) is 5.82 Å². The summed E-state index contributed by atoms with van der Waals surface area (Å²) in [5, 5.41) is 6.87. The molecule has 2 N–H and O–H groups in total. The van der Waals surface area contributed by atoms with Crippen LogP contribution in [0.3, 0.4) is 0 Å². The van der Waals surface area contributed by atoms with Gasteiger partial charge in [-0.15, -0.1) is 24.0 Å². The lowest BCUT2D eigenvalue weighted by Gasteiger charge is -2.24. The summed E-state index contributed by atoms with van der Waals surface area (Å²) in [6, 6.07) is 4.29. The van der Waals surface area contributed by atoms with Crippen molar-refractivity contribution in [2.24, 2.45) is 4.99 Å². The van der Waals surface area contributed by atoms with Gasteiger partial charge in [-0.3, -0.25) is 0 Å². The molecule has 0 spiro atoms. The van der Waals surface area contributed by atoms with Gasteiger partial charge in [0.15, 0.2) is 5.96 Å². The molecule has 0 saturated carbocycles. The van der Waals surface area contributed by atoms with Crippen LogP contribution in [0, 0.1) is 0 Å². The third kappa shape index (κ3) is 6.18. The molecule has 1 atom stereocenters. The standard InChI is InChI=1S/C19H31N5S.HI/c1-3-20-18(23-15-19(2)9-6-12-25-19)22-14-16-7-8-17(21-13-16)24-10-4-5-11-24;/h7-8,13H,3-6,9-12,14-15H2,1-2H3,(H2,20,22,23);1H. The molecule has 0 bridgehead atoms. The molecule has 2 aliphatic heterocycles. The minimum atomic E-state index is 0. The largest absolute Gasteiger partial charge is 0.357 e. The number of hydrogen-bond donors (Lipinski definition) is 2. The molecule has 146 valence electrons. The van der Waals surface area contributed by atoms with Crippen LogP contribution in [-0.2, 0) is 6.54 Å². The molecular formula is C19H32IN5S. The second-order valence-corrected chi connectivity index (χ2v) is 8.85. The van der Waals surface area contributed by atoms with Gasteiger partial charge in [0.25, 0.3) is 0 Å². The topological polar surface area (TPSA) is 52.6 Å². The molecule has 1 unspecified atom stereocenters. The van der Waals surface area contributed by atoms with E-state index in [4.69, 9.17) is 4.99 Å². The number of aliphatic imine (C=N–C) groups is 1. The van der Waals surface area contributed by atoms with Crippen molar-refractivity contribution in [1.82, 2.24) is 15.6 Å². The number of nitrogens with one attached hydrogen (secondary N) is 2. The van der Waals surface area contributed by atoms with Gasteiger partial charge in [0.05, 0.1) is 6.54 Å². The van der Waals surface area contributed by atoms with Gasteiger partial charge in [-0.1, -0.05) is 6.07 Å². The first-order valence-electron chi connectivity index (χ1n) is 9.54. The number of anilines is 1. The van der Waals surface area contributed by atoms with Crippen LogP contribution in [0.1, 0.15) is 45.1 Å². The van der Waals surface area contributed by atoms with E-state index in [1.807, 2.05) is 6.20 Å². The van der Waals surface area contributed by atoms with Crippen LogP contribution in [0.15, 0.2) is 23.3 Å². The SMILES string of the molecule is CCNC(=NCc1ccc(N2CCCC2)nc1)NCC1(C)CCCS1.I. The third-order valence-corrected chi connectivity index (χ3v) is 6.47. The Balaban J connectivity index is 0.00000243. The van der Waals surface area contributed by atoms with Gasteiger partial charge < -0.3 is 15.5 Å². The Hall–Kier alpha value is -0.700. The van der Waals surface area contributed by atoms with Crippen LogP contribution in [-0.4, -0.2) is 47.6 Å². The van der Waals surface area contributed by atoms with E-state index in [0.29, 0.717) is 11.3 Å². The van der Waals surface area contributed by atoms with Crippen molar-refractivity contribution in [2.45, 2.75) is 50.8 Å². The van der Waals surface area contributed by atoms with Gasteiger partial charge in [0.1, 0.15) is 5.82 Å². The molecule has 3 rings (SSSR count). The molecule has 26 heavy (non-hydrogen) atoms. The van der Waals surface area contributed by atoms with Crippen LogP contribution in [0.2, 0.25) is 0 Å². The summed E-state index contributed by atoms with van der Waals surface area (Å²) in [7, 11) is 0. The highest BCUT2D eigenvalue weighted by molar-refractivity contribution is 14.0. The third-order valence-electron chi connectivity index (χ3n) is 4.93. The maximum absolute atomic E-state index is 4.73. The van der Waals surface area contributed by atoms with Crippen molar-refractivity contribution in [3.05, 3.63) is 23.9 Å². The quantitative estimate of drug-likeness (QED) is 0.363. The maximum atomic E-state index is 4.73. The molecule has 0 aliphatic carbocycles. The van der Waals surface area contributed by atoms with Gasteiger partial charge in [0.2, 0.25) is 0 Å². The Labute approximate surface area is 179 Å². The molecule has 2 aliphatic rings. The highest BCUT2D eigenvalue weighted by atomic mass is 127. The number of aromatic nitrogens is 1. The number of thioether (sulfide) groups is 1. The van der Waals surface area contributed by atoms with Gasteiger partial charge >= 0.3 is 0 Å². The molecule has 7 heteroatoms. The summed E-state index contributed by atoms with van der Waals surface area (Å²) in [4.78, 5) is 11.7. The van der Waals surface area contributed by atoms with Gasteiger partial charge in [0, 0.05) is 37.1 Å². The summed E-state index contributed by atoms with van der Waals surface area (Å²) in [6.45, 7) is 9.23. The fourth-order valence-corrected chi connectivity index (χ4v) is 4.65. The highest BCUT2D eigenvalue weighted by Crippen LogP contribution is 2.36. The van der Waals surface area contributed by atoms with E-state index < -0.39 is 0 Å². The molecule has 0 aromatic carbocycles. The normalized spacial score (nSPS) is 23.0. The fraction of sp³-hybridized carbons (Fsp3) is 0.684. The number of pyridine rings is 1. The monoisotopic (exact) mass is 489 g/mol.